The third-order valence-corrected chi connectivity index (χ3v) is 6.75. The molecule has 3 rings (SSSR count). The zero-order chi connectivity index (χ0) is 26.9. The zero-order valence-corrected chi connectivity index (χ0v) is 20.9. The smallest absolute Gasteiger partial charge is 0.301 e. The highest BCUT2D eigenvalue weighted by atomic mass is 19.4. The predicted molar refractivity (Wildman–Crippen MR) is 129 cm³/mol. The molecule has 0 aliphatic heterocycles. The van der Waals surface area contributed by atoms with E-state index in [1.165, 1.54) is 12.5 Å². The fourth-order valence-electron chi connectivity index (χ4n) is 4.75. The highest BCUT2D eigenvalue weighted by Gasteiger charge is 2.64. The molecule has 3 atom stereocenters. The van der Waals surface area contributed by atoms with Crippen LogP contribution in [0.25, 0.3) is 0 Å². The SMILES string of the molecule is CC#N.CC(C)N(CCCc1ccc(C2CC(C(F)(F)F)C2C(F)(F)F)cc1)CCc1ccccc1. The Bertz CT molecular complexity index is 945. The average molecular weight is 513 g/mol. The van der Waals surface area contributed by atoms with E-state index >= 15 is 0 Å². The molecule has 3 unspecified atom stereocenters. The van der Waals surface area contributed by atoms with E-state index in [4.69, 9.17) is 5.26 Å². The lowest BCUT2D eigenvalue weighted by Crippen LogP contribution is -2.51. The Hall–Kier alpha value is -2.53. The van der Waals surface area contributed by atoms with Crippen molar-refractivity contribution in [2.45, 2.75) is 70.8 Å². The Balaban J connectivity index is 0.00000145. The lowest BCUT2D eigenvalue weighted by Gasteiger charge is -2.46. The first-order valence-electron chi connectivity index (χ1n) is 12.2. The molecule has 36 heavy (non-hydrogen) atoms. The maximum absolute atomic E-state index is 13.3. The molecule has 2 nitrogen and oxygen atoms in total. The third kappa shape index (κ3) is 8.55. The molecule has 0 aromatic heterocycles. The standard InChI is InChI=1S/C26H31F6N.C2H3N/c1-18(2)33(16-14-19-7-4-3-5-8-19)15-6-9-20-10-12-21(13-11-20)22-17-23(25(27,28)29)24(22)26(30,31)32;1-2-3/h3-5,7-8,10-13,18,22-24H,6,9,14-17H2,1-2H3;1H3. The molecule has 0 amide bonds. The van der Waals surface area contributed by atoms with Gasteiger partial charge in [0.2, 0.25) is 0 Å². The van der Waals surface area contributed by atoms with E-state index in [9.17, 15) is 26.3 Å². The van der Waals surface area contributed by atoms with Crippen LogP contribution < -0.4 is 0 Å². The van der Waals surface area contributed by atoms with Gasteiger partial charge in [-0.2, -0.15) is 31.6 Å². The van der Waals surface area contributed by atoms with Crippen molar-refractivity contribution in [2.75, 3.05) is 13.1 Å². The summed E-state index contributed by atoms with van der Waals surface area (Å²) in [5.41, 5.74) is 2.62. The van der Waals surface area contributed by atoms with E-state index in [2.05, 4.69) is 30.9 Å². The zero-order valence-electron chi connectivity index (χ0n) is 20.9. The van der Waals surface area contributed by atoms with Crippen LogP contribution in [-0.2, 0) is 12.8 Å². The highest BCUT2D eigenvalue weighted by molar-refractivity contribution is 5.29. The van der Waals surface area contributed by atoms with Gasteiger partial charge < -0.3 is 4.90 Å². The maximum atomic E-state index is 13.3. The number of hydrogen-bond acceptors (Lipinski definition) is 2. The first-order valence-corrected chi connectivity index (χ1v) is 12.2. The molecule has 8 heteroatoms. The first kappa shape index (κ1) is 29.7. The van der Waals surface area contributed by atoms with Gasteiger partial charge in [-0.05, 0) is 68.7 Å². The van der Waals surface area contributed by atoms with Gasteiger partial charge in [0.1, 0.15) is 0 Å². The normalized spacial score (nSPS) is 19.9. The molecule has 0 heterocycles. The Kier molecular flexibility index (Phi) is 10.8. The summed E-state index contributed by atoms with van der Waals surface area (Å²) in [5, 5.41) is 7.32. The van der Waals surface area contributed by atoms with Crippen molar-refractivity contribution in [1.82, 2.24) is 4.90 Å². The van der Waals surface area contributed by atoms with E-state index in [1.807, 2.05) is 18.2 Å². The Morgan fingerprint density at radius 1 is 0.861 bits per heavy atom. The van der Waals surface area contributed by atoms with Crippen molar-refractivity contribution in [3.63, 3.8) is 0 Å². The topological polar surface area (TPSA) is 27.0 Å². The largest absolute Gasteiger partial charge is 0.393 e. The van der Waals surface area contributed by atoms with Crippen LogP contribution in [-0.4, -0.2) is 36.4 Å². The second kappa shape index (κ2) is 13.1. The van der Waals surface area contributed by atoms with E-state index in [0.29, 0.717) is 11.6 Å². The molecule has 2 aromatic carbocycles. The van der Waals surface area contributed by atoms with Gasteiger partial charge in [-0.3, -0.25) is 0 Å². The number of rotatable bonds is 9. The summed E-state index contributed by atoms with van der Waals surface area (Å²) < 4.78 is 78.6. The van der Waals surface area contributed by atoms with Crippen LogP contribution in [0.1, 0.15) is 56.2 Å². The van der Waals surface area contributed by atoms with Crippen molar-refractivity contribution >= 4 is 0 Å². The summed E-state index contributed by atoms with van der Waals surface area (Å²) in [4.78, 5) is 2.40. The minimum Gasteiger partial charge on any atom is -0.301 e. The summed E-state index contributed by atoms with van der Waals surface area (Å²) in [5.74, 6) is -5.78. The van der Waals surface area contributed by atoms with Crippen molar-refractivity contribution in [3.05, 3.63) is 71.3 Å². The van der Waals surface area contributed by atoms with Gasteiger partial charge >= 0.3 is 12.4 Å². The Morgan fingerprint density at radius 2 is 1.42 bits per heavy atom. The van der Waals surface area contributed by atoms with Gasteiger partial charge in [0.05, 0.1) is 17.9 Å². The van der Waals surface area contributed by atoms with Gasteiger partial charge in [0.15, 0.2) is 0 Å². The number of nitriles is 1. The van der Waals surface area contributed by atoms with Crippen LogP contribution in [0.15, 0.2) is 54.6 Å². The van der Waals surface area contributed by atoms with Crippen molar-refractivity contribution < 1.29 is 26.3 Å². The maximum Gasteiger partial charge on any atom is 0.393 e. The number of alkyl halides is 6. The molecule has 0 saturated heterocycles. The van der Waals surface area contributed by atoms with Gasteiger partial charge in [0, 0.05) is 19.5 Å². The van der Waals surface area contributed by atoms with Crippen LogP contribution in [0.5, 0.6) is 0 Å². The van der Waals surface area contributed by atoms with E-state index in [0.717, 1.165) is 37.9 Å². The van der Waals surface area contributed by atoms with Gasteiger partial charge in [-0.25, -0.2) is 0 Å². The molecule has 1 aliphatic carbocycles. The predicted octanol–water partition coefficient (Wildman–Crippen LogP) is 7.95. The Morgan fingerprint density at radius 3 is 1.92 bits per heavy atom. The van der Waals surface area contributed by atoms with Crippen LogP contribution in [0.2, 0.25) is 0 Å². The lowest BCUT2D eigenvalue weighted by molar-refractivity contribution is -0.292. The molecule has 0 spiro atoms. The molecular formula is C28H34F6N2. The van der Waals surface area contributed by atoms with Crippen molar-refractivity contribution in [1.29, 1.82) is 5.26 Å². The molecule has 1 fully saturated rings. The molecular weight excluding hydrogens is 478 g/mol. The summed E-state index contributed by atoms with van der Waals surface area (Å²) in [6.45, 7) is 7.59. The van der Waals surface area contributed by atoms with Crippen LogP contribution >= 0.6 is 0 Å². The van der Waals surface area contributed by atoms with E-state index < -0.39 is 36.5 Å². The number of benzene rings is 2. The Labute approximate surface area is 209 Å². The van der Waals surface area contributed by atoms with Gasteiger partial charge in [-0.1, -0.05) is 54.6 Å². The third-order valence-electron chi connectivity index (χ3n) is 6.75. The van der Waals surface area contributed by atoms with Crippen molar-refractivity contribution in [3.8, 4) is 6.07 Å². The summed E-state index contributed by atoms with van der Waals surface area (Å²) >= 11 is 0. The number of nitrogens with zero attached hydrogens (tertiary/aromatic N) is 2. The monoisotopic (exact) mass is 512 g/mol. The van der Waals surface area contributed by atoms with Gasteiger partial charge in [-0.15, -0.1) is 0 Å². The summed E-state index contributed by atoms with van der Waals surface area (Å²) in [7, 11) is 0. The molecule has 1 saturated carbocycles. The second-order valence-corrected chi connectivity index (χ2v) is 9.49. The number of halogens is 6. The molecule has 198 valence electrons. The van der Waals surface area contributed by atoms with E-state index in [-0.39, 0.29) is 0 Å². The summed E-state index contributed by atoms with van der Waals surface area (Å²) in [6.07, 6.45) is -7.54. The lowest BCUT2D eigenvalue weighted by atomic mass is 9.61. The molecule has 2 aromatic rings. The quantitative estimate of drug-likeness (QED) is 0.319. The van der Waals surface area contributed by atoms with Crippen molar-refractivity contribution in [2.24, 2.45) is 11.8 Å². The minimum atomic E-state index is -4.86. The number of aryl methyl sites for hydroxylation is 1. The number of hydrogen-bond donors (Lipinski definition) is 0. The average Bonchev–Trinajstić information content (AvgIpc) is 2.75. The minimum absolute atomic E-state index is 0.341. The van der Waals surface area contributed by atoms with E-state index in [1.54, 1.807) is 30.3 Å². The molecule has 0 radical (unpaired) electrons. The first-order chi connectivity index (χ1) is 16.9. The molecule has 0 bridgehead atoms. The highest BCUT2D eigenvalue weighted by Crippen LogP contribution is 2.59. The summed E-state index contributed by atoms with van der Waals surface area (Å²) in [6, 6.07) is 19.1. The van der Waals surface area contributed by atoms with Crippen LogP contribution in [0.3, 0.4) is 0 Å². The molecule has 1 aliphatic rings. The second-order valence-electron chi connectivity index (χ2n) is 9.49. The molecule has 0 N–H and O–H groups in total. The fourth-order valence-corrected chi connectivity index (χ4v) is 4.75. The van der Waals surface area contributed by atoms with Gasteiger partial charge in [0.25, 0.3) is 0 Å². The van der Waals surface area contributed by atoms with Crippen LogP contribution in [0.4, 0.5) is 26.3 Å². The van der Waals surface area contributed by atoms with Crippen LogP contribution in [0, 0.1) is 23.2 Å². The fraction of sp³-hybridized carbons (Fsp3) is 0.536.